The first kappa shape index (κ1) is 15.1. The number of fused-ring (bicyclic) bond motifs is 1. The van der Waals surface area contributed by atoms with Crippen LogP contribution in [0.2, 0.25) is 0 Å². The predicted octanol–water partition coefficient (Wildman–Crippen LogP) is 2.29. The quantitative estimate of drug-likeness (QED) is 0.694. The van der Waals surface area contributed by atoms with Gasteiger partial charge in [-0.3, -0.25) is 4.90 Å². The lowest BCUT2D eigenvalue weighted by Gasteiger charge is -2.30. The van der Waals surface area contributed by atoms with Gasteiger partial charge in [-0.2, -0.15) is 0 Å². The minimum atomic E-state index is -1.37. The lowest BCUT2D eigenvalue weighted by molar-refractivity contribution is -0.148. The van der Waals surface area contributed by atoms with E-state index in [-0.39, 0.29) is 12.0 Å². The summed E-state index contributed by atoms with van der Waals surface area (Å²) in [4.78, 5) is 25.4. The molecule has 4 atom stereocenters. The molecule has 0 aromatic carbocycles. The molecule has 0 N–H and O–H groups in total. The summed E-state index contributed by atoms with van der Waals surface area (Å²) in [5.41, 5.74) is -0.680. The topological polar surface area (TPSA) is 55.8 Å². The minimum Gasteiger partial charge on any atom is -0.467 e. The number of carbonyl (C=O) groups is 2. The van der Waals surface area contributed by atoms with Gasteiger partial charge in [-0.15, -0.1) is 0 Å². The number of amides is 1. The molecule has 2 aliphatic rings. The smallest absolute Gasteiger partial charge is 0.411 e. The van der Waals surface area contributed by atoms with E-state index >= 15 is 0 Å². The van der Waals surface area contributed by atoms with E-state index in [0.29, 0.717) is 12.8 Å². The molecule has 6 heteroatoms. The molecule has 1 aliphatic heterocycles. The van der Waals surface area contributed by atoms with Crippen LogP contribution in [-0.4, -0.2) is 47.9 Å². The van der Waals surface area contributed by atoms with Crippen molar-refractivity contribution in [2.75, 3.05) is 7.11 Å². The van der Waals surface area contributed by atoms with Gasteiger partial charge in [0, 0.05) is 12.0 Å². The van der Waals surface area contributed by atoms with Crippen molar-refractivity contribution in [3.63, 3.8) is 0 Å². The number of hydrogen-bond donors (Lipinski definition) is 0. The molecule has 1 saturated heterocycles. The van der Waals surface area contributed by atoms with Gasteiger partial charge in [0.2, 0.25) is 0 Å². The van der Waals surface area contributed by atoms with Gasteiger partial charge in [0.25, 0.3) is 0 Å². The molecule has 1 aliphatic carbocycles. The van der Waals surface area contributed by atoms with Gasteiger partial charge in [-0.1, -0.05) is 6.42 Å². The second-order valence-electron chi connectivity index (χ2n) is 6.46. The summed E-state index contributed by atoms with van der Waals surface area (Å²) in [5, 5.41) is 0. The second-order valence-corrected chi connectivity index (χ2v) is 6.46. The third-order valence-electron chi connectivity index (χ3n) is 3.95. The highest BCUT2D eigenvalue weighted by atomic mass is 19.1. The Hall–Kier alpha value is -1.33. The molecule has 0 spiro atoms. The van der Waals surface area contributed by atoms with Crippen LogP contribution in [0.25, 0.3) is 0 Å². The average Bonchev–Trinajstić information content (AvgIpc) is 2.88. The second kappa shape index (κ2) is 5.22. The molecule has 20 heavy (non-hydrogen) atoms. The molecule has 0 unspecified atom stereocenters. The van der Waals surface area contributed by atoms with E-state index in [9.17, 15) is 14.0 Å². The molecule has 2 rings (SSSR count). The van der Waals surface area contributed by atoms with Crippen LogP contribution in [0.4, 0.5) is 9.18 Å². The van der Waals surface area contributed by atoms with Crippen LogP contribution in [0.5, 0.6) is 0 Å². The summed E-state index contributed by atoms with van der Waals surface area (Å²) >= 11 is 0. The lowest BCUT2D eigenvalue weighted by atomic mass is 10.00. The maximum absolute atomic E-state index is 14.5. The van der Waals surface area contributed by atoms with Crippen LogP contribution in [0, 0.1) is 5.92 Å². The van der Waals surface area contributed by atoms with Gasteiger partial charge in [0.1, 0.15) is 11.8 Å². The number of likely N-dealkylation sites (tertiary alicyclic amines) is 1. The van der Waals surface area contributed by atoms with Crippen molar-refractivity contribution in [2.45, 2.75) is 63.9 Å². The van der Waals surface area contributed by atoms with E-state index in [0.717, 1.165) is 6.42 Å². The Morgan fingerprint density at radius 2 is 1.90 bits per heavy atom. The standard InChI is InChI=1S/C14H22FNO4/c1-14(2,3)20-13(18)16-9-7-5-6-8(9)10(15)11(16)12(17)19-4/h8-11H,5-7H2,1-4H3/t8-,9+,10+,11+/m0/s1. The molecule has 0 radical (unpaired) electrons. The number of alkyl halides is 1. The van der Waals surface area contributed by atoms with E-state index < -0.39 is 29.9 Å². The summed E-state index contributed by atoms with van der Waals surface area (Å²) in [7, 11) is 1.20. The normalized spacial score (nSPS) is 33.0. The highest BCUT2D eigenvalue weighted by Gasteiger charge is 2.57. The minimum absolute atomic E-state index is 0.260. The molecule has 0 aromatic rings. The highest BCUT2D eigenvalue weighted by Crippen LogP contribution is 2.43. The summed E-state index contributed by atoms with van der Waals surface area (Å²) in [5.74, 6) is -0.996. The number of ether oxygens (including phenoxy) is 2. The fourth-order valence-corrected chi connectivity index (χ4v) is 3.21. The van der Waals surface area contributed by atoms with Gasteiger partial charge in [-0.05, 0) is 33.6 Å². The van der Waals surface area contributed by atoms with Gasteiger partial charge in [-0.25, -0.2) is 14.0 Å². The Labute approximate surface area is 118 Å². The highest BCUT2D eigenvalue weighted by molar-refractivity contribution is 5.83. The maximum atomic E-state index is 14.5. The van der Waals surface area contributed by atoms with Gasteiger partial charge in [0.05, 0.1) is 7.11 Å². The van der Waals surface area contributed by atoms with Crippen LogP contribution in [0.1, 0.15) is 40.0 Å². The van der Waals surface area contributed by atoms with Crippen LogP contribution in [0.3, 0.4) is 0 Å². The number of halogens is 1. The molecular formula is C14H22FNO4. The number of carbonyl (C=O) groups excluding carboxylic acids is 2. The maximum Gasteiger partial charge on any atom is 0.411 e. The zero-order valence-corrected chi connectivity index (χ0v) is 12.4. The number of esters is 1. The van der Waals surface area contributed by atoms with Crippen LogP contribution >= 0.6 is 0 Å². The van der Waals surface area contributed by atoms with Crippen molar-refractivity contribution in [2.24, 2.45) is 5.92 Å². The molecule has 0 bridgehead atoms. The Morgan fingerprint density at radius 3 is 2.45 bits per heavy atom. The van der Waals surface area contributed by atoms with E-state index in [1.54, 1.807) is 20.8 Å². The Bertz CT molecular complexity index is 406. The van der Waals surface area contributed by atoms with Crippen molar-refractivity contribution >= 4 is 12.1 Å². The third kappa shape index (κ3) is 2.60. The zero-order valence-electron chi connectivity index (χ0n) is 12.4. The van der Waals surface area contributed by atoms with Crippen molar-refractivity contribution in [1.82, 2.24) is 4.90 Å². The van der Waals surface area contributed by atoms with Gasteiger partial charge < -0.3 is 9.47 Å². The monoisotopic (exact) mass is 287 g/mol. The predicted molar refractivity (Wildman–Crippen MR) is 69.9 cm³/mol. The van der Waals surface area contributed by atoms with Crippen molar-refractivity contribution in [3.05, 3.63) is 0 Å². The number of methoxy groups -OCH3 is 1. The van der Waals surface area contributed by atoms with Crippen LogP contribution in [0.15, 0.2) is 0 Å². The number of hydrogen-bond acceptors (Lipinski definition) is 4. The Balaban J connectivity index is 2.25. The number of nitrogens with zero attached hydrogens (tertiary/aromatic N) is 1. The molecular weight excluding hydrogens is 265 g/mol. The first-order chi connectivity index (χ1) is 9.26. The number of rotatable bonds is 1. The molecule has 1 amide bonds. The summed E-state index contributed by atoms with van der Waals surface area (Å²) in [6.45, 7) is 5.23. The van der Waals surface area contributed by atoms with Crippen LogP contribution < -0.4 is 0 Å². The fourth-order valence-electron chi connectivity index (χ4n) is 3.21. The molecule has 114 valence electrons. The molecule has 1 heterocycles. The van der Waals surface area contributed by atoms with Crippen LogP contribution in [-0.2, 0) is 14.3 Å². The first-order valence-corrected chi connectivity index (χ1v) is 6.99. The van der Waals surface area contributed by atoms with Gasteiger partial charge in [0.15, 0.2) is 6.04 Å². The molecule has 0 aromatic heterocycles. The lowest BCUT2D eigenvalue weighted by Crippen LogP contribution is -2.49. The van der Waals surface area contributed by atoms with Crippen molar-refractivity contribution in [3.8, 4) is 0 Å². The Kier molecular flexibility index (Phi) is 3.93. The fraction of sp³-hybridized carbons (Fsp3) is 0.857. The zero-order chi connectivity index (χ0) is 15.1. The van der Waals surface area contributed by atoms with E-state index in [4.69, 9.17) is 4.74 Å². The molecule has 5 nitrogen and oxygen atoms in total. The van der Waals surface area contributed by atoms with Gasteiger partial charge >= 0.3 is 12.1 Å². The molecule has 2 fully saturated rings. The van der Waals surface area contributed by atoms with Crippen molar-refractivity contribution in [1.29, 1.82) is 0 Å². The van der Waals surface area contributed by atoms with Crippen molar-refractivity contribution < 1.29 is 23.5 Å². The average molecular weight is 287 g/mol. The third-order valence-corrected chi connectivity index (χ3v) is 3.95. The van der Waals surface area contributed by atoms with E-state index in [2.05, 4.69) is 4.74 Å². The molecule has 1 saturated carbocycles. The largest absolute Gasteiger partial charge is 0.467 e. The van der Waals surface area contributed by atoms with E-state index in [1.165, 1.54) is 12.0 Å². The van der Waals surface area contributed by atoms with E-state index in [1.807, 2.05) is 0 Å². The SMILES string of the molecule is COC(=O)[C@H]1[C@H](F)[C@H]2CCC[C@H]2N1C(=O)OC(C)(C)C. The summed E-state index contributed by atoms with van der Waals surface area (Å²) in [6.07, 6.45) is 0.256. The summed E-state index contributed by atoms with van der Waals surface area (Å²) < 4.78 is 24.4. The Morgan fingerprint density at radius 1 is 1.25 bits per heavy atom. The first-order valence-electron chi connectivity index (χ1n) is 6.99. The summed E-state index contributed by atoms with van der Waals surface area (Å²) in [6, 6.07) is -1.44.